The summed E-state index contributed by atoms with van der Waals surface area (Å²) in [6, 6.07) is 1.13. The van der Waals surface area contributed by atoms with Crippen LogP contribution in [0.1, 0.15) is 24.4 Å². The maximum absolute atomic E-state index is 13.2. The summed E-state index contributed by atoms with van der Waals surface area (Å²) in [5, 5.41) is 2.97. The predicted molar refractivity (Wildman–Crippen MR) is 53.5 cm³/mol. The van der Waals surface area contributed by atoms with Crippen LogP contribution in [0.5, 0.6) is 0 Å². The van der Waals surface area contributed by atoms with E-state index in [1.54, 1.807) is 0 Å². The third-order valence-corrected chi connectivity index (χ3v) is 2.45. The Morgan fingerprint density at radius 1 is 1.13 bits per heavy atom. The van der Waals surface area contributed by atoms with E-state index < -0.39 is 17.5 Å². The number of hydrogen-bond donors (Lipinski definition) is 1. The Hall–Kier alpha value is -0.740. The monoisotopic (exact) mass is 237 g/mol. The zero-order chi connectivity index (χ0) is 10.1. The highest BCUT2D eigenvalue weighted by molar-refractivity contribution is 5.85. The summed E-state index contributed by atoms with van der Waals surface area (Å²) in [5.41, 5.74) is -0.0381. The Balaban J connectivity index is 0.00000112. The third kappa shape index (κ3) is 2.44. The predicted octanol–water partition coefficient (Wildman–Crippen LogP) is 2.95. The Morgan fingerprint density at radius 3 is 2.20 bits per heavy atom. The molecule has 1 heterocycles. The lowest BCUT2D eigenvalue weighted by Crippen LogP contribution is -2.16. The average Bonchev–Trinajstić information content (AvgIpc) is 2.54. The van der Waals surface area contributed by atoms with E-state index in [1.165, 1.54) is 0 Å². The second kappa shape index (κ2) is 4.86. The van der Waals surface area contributed by atoms with E-state index in [9.17, 15) is 13.2 Å². The number of benzene rings is 1. The lowest BCUT2D eigenvalue weighted by atomic mass is 10.0. The maximum atomic E-state index is 13.2. The standard InChI is InChI=1S/C10H10F3N.ClH/c11-6-4-7(12)10(8(13)5-6)9-2-1-3-14-9;/h4-5,9,14H,1-3H2;1H/t9-;/m1./s1. The molecule has 1 N–H and O–H groups in total. The topological polar surface area (TPSA) is 12.0 Å². The fraction of sp³-hybridized carbons (Fsp3) is 0.400. The van der Waals surface area contributed by atoms with E-state index in [2.05, 4.69) is 5.32 Å². The van der Waals surface area contributed by atoms with E-state index in [0.717, 1.165) is 25.1 Å². The zero-order valence-corrected chi connectivity index (χ0v) is 8.71. The third-order valence-electron chi connectivity index (χ3n) is 2.45. The lowest BCUT2D eigenvalue weighted by molar-refractivity contribution is 0.489. The summed E-state index contributed by atoms with van der Waals surface area (Å²) >= 11 is 0. The van der Waals surface area contributed by atoms with Gasteiger partial charge in [-0.25, -0.2) is 13.2 Å². The molecule has 1 atom stereocenters. The van der Waals surface area contributed by atoms with Crippen LogP contribution < -0.4 is 5.32 Å². The van der Waals surface area contributed by atoms with Gasteiger partial charge in [0.1, 0.15) is 17.5 Å². The molecule has 1 fully saturated rings. The molecule has 15 heavy (non-hydrogen) atoms. The molecular weight excluding hydrogens is 227 g/mol. The summed E-state index contributed by atoms with van der Waals surface area (Å²) in [6.45, 7) is 0.751. The lowest BCUT2D eigenvalue weighted by Gasteiger charge is -2.12. The fourth-order valence-electron chi connectivity index (χ4n) is 1.82. The minimum Gasteiger partial charge on any atom is -0.310 e. The SMILES string of the molecule is Cl.Fc1cc(F)c([C@H]2CCCN2)c(F)c1. The van der Waals surface area contributed by atoms with Crippen molar-refractivity contribution in [1.82, 2.24) is 5.32 Å². The molecule has 0 aliphatic carbocycles. The highest BCUT2D eigenvalue weighted by atomic mass is 35.5. The van der Waals surface area contributed by atoms with E-state index in [4.69, 9.17) is 0 Å². The second-order valence-electron chi connectivity index (χ2n) is 3.43. The van der Waals surface area contributed by atoms with Gasteiger partial charge in [0.15, 0.2) is 0 Å². The van der Waals surface area contributed by atoms with Crippen LogP contribution in [-0.4, -0.2) is 6.54 Å². The molecule has 0 saturated carbocycles. The van der Waals surface area contributed by atoms with Gasteiger partial charge < -0.3 is 5.32 Å². The quantitative estimate of drug-likeness (QED) is 0.792. The Labute approximate surface area is 92.1 Å². The van der Waals surface area contributed by atoms with Crippen molar-refractivity contribution < 1.29 is 13.2 Å². The van der Waals surface area contributed by atoms with Gasteiger partial charge in [-0.05, 0) is 19.4 Å². The summed E-state index contributed by atoms with van der Waals surface area (Å²) in [6.07, 6.45) is 1.58. The first-order chi connectivity index (χ1) is 6.68. The zero-order valence-electron chi connectivity index (χ0n) is 7.90. The molecule has 1 aliphatic heterocycles. The molecule has 0 unspecified atom stereocenters. The van der Waals surface area contributed by atoms with Gasteiger partial charge in [-0.15, -0.1) is 12.4 Å². The van der Waals surface area contributed by atoms with Crippen molar-refractivity contribution in [3.63, 3.8) is 0 Å². The Kier molecular flexibility index (Phi) is 3.99. The molecule has 1 aromatic carbocycles. The smallest absolute Gasteiger partial charge is 0.133 e. The van der Waals surface area contributed by atoms with E-state index in [1.807, 2.05) is 0 Å². The van der Waals surface area contributed by atoms with Crippen molar-refractivity contribution in [3.8, 4) is 0 Å². The van der Waals surface area contributed by atoms with Crippen LogP contribution in [0.3, 0.4) is 0 Å². The van der Waals surface area contributed by atoms with Gasteiger partial charge in [0.2, 0.25) is 0 Å². The van der Waals surface area contributed by atoms with Crippen molar-refractivity contribution in [2.45, 2.75) is 18.9 Å². The minimum absolute atomic E-state index is 0. The molecule has 84 valence electrons. The Bertz CT molecular complexity index is 328. The average molecular weight is 238 g/mol. The van der Waals surface area contributed by atoms with Gasteiger partial charge in [-0.1, -0.05) is 0 Å². The van der Waals surface area contributed by atoms with Gasteiger partial charge in [-0.3, -0.25) is 0 Å². The summed E-state index contributed by atoms with van der Waals surface area (Å²) in [4.78, 5) is 0. The van der Waals surface area contributed by atoms with E-state index in [0.29, 0.717) is 6.42 Å². The molecular formula is C10H11ClF3N. The minimum atomic E-state index is -0.873. The maximum Gasteiger partial charge on any atom is 0.133 e. The Morgan fingerprint density at radius 2 is 1.73 bits per heavy atom. The van der Waals surface area contributed by atoms with Crippen molar-refractivity contribution in [1.29, 1.82) is 0 Å². The van der Waals surface area contributed by atoms with E-state index >= 15 is 0 Å². The van der Waals surface area contributed by atoms with Crippen LogP contribution >= 0.6 is 12.4 Å². The molecule has 0 spiro atoms. The van der Waals surface area contributed by atoms with Gasteiger partial charge in [0.05, 0.1) is 0 Å². The van der Waals surface area contributed by atoms with Crippen molar-refractivity contribution in [2.24, 2.45) is 0 Å². The molecule has 1 aliphatic rings. The van der Waals surface area contributed by atoms with Crippen LogP contribution in [0.4, 0.5) is 13.2 Å². The molecule has 2 rings (SSSR count). The summed E-state index contributed by atoms with van der Waals surface area (Å²) in [7, 11) is 0. The molecule has 0 radical (unpaired) electrons. The first kappa shape index (κ1) is 12.3. The molecule has 1 aromatic rings. The second-order valence-corrected chi connectivity index (χ2v) is 3.43. The molecule has 0 amide bonds. The molecule has 0 aromatic heterocycles. The summed E-state index contributed by atoms with van der Waals surface area (Å²) < 4.78 is 39.1. The van der Waals surface area contributed by atoms with E-state index in [-0.39, 0.29) is 24.0 Å². The van der Waals surface area contributed by atoms with Gasteiger partial charge in [-0.2, -0.15) is 0 Å². The molecule has 1 saturated heterocycles. The van der Waals surface area contributed by atoms with Crippen LogP contribution in [0.25, 0.3) is 0 Å². The van der Waals surface area contributed by atoms with Crippen molar-refractivity contribution >= 4 is 12.4 Å². The van der Waals surface area contributed by atoms with Crippen molar-refractivity contribution in [2.75, 3.05) is 6.54 Å². The van der Waals surface area contributed by atoms with Crippen molar-refractivity contribution in [3.05, 3.63) is 35.1 Å². The van der Waals surface area contributed by atoms with Crippen LogP contribution in [-0.2, 0) is 0 Å². The highest BCUT2D eigenvalue weighted by Crippen LogP contribution is 2.28. The molecule has 5 heteroatoms. The number of halogens is 4. The normalized spacial score (nSPS) is 20.1. The van der Waals surface area contributed by atoms with Crippen LogP contribution in [0.15, 0.2) is 12.1 Å². The fourth-order valence-corrected chi connectivity index (χ4v) is 1.82. The van der Waals surface area contributed by atoms with Crippen LogP contribution in [0.2, 0.25) is 0 Å². The number of hydrogen-bond acceptors (Lipinski definition) is 1. The number of nitrogens with one attached hydrogen (secondary N) is 1. The summed E-state index contributed by atoms with van der Waals surface area (Å²) in [5.74, 6) is -2.48. The van der Waals surface area contributed by atoms with Gasteiger partial charge in [0.25, 0.3) is 0 Å². The van der Waals surface area contributed by atoms with Gasteiger partial charge >= 0.3 is 0 Å². The largest absolute Gasteiger partial charge is 0.310 e. The highest BCUT2D eigenvalue weighted by Gasteiger charge is 2.23. The van der Waals surface area contributed by atoms with Gasteiger partial charge in [0, 0.05) is 23.7 Å². The first-order valence-corrected chi connectivity index (χ1v) is 4.56. The van der Waals surface area contributed by atoms with Crippen LogP contribution in [0, 0.1) is 17.5 Å². The first-order valence-electron chi connectivity index (χ1n) is 4.56. The molecule has 0 bridgehead atoms. The molecule has 1 nitrogen and oxygen atoms in total. The number of rotatable bonds is 1.